The molecule has 246 valence electrons. The highest BCUT2D eigenvalue weighted by Gasteiger charge is 2.33. The Labute approximate surface area is 254 Å². The topological polar surface area (TPSA) is 291 Å². The van der Waals surface area contributed by atoms with Gasteiger partial charge in [-0.1, -0.05) is 39.8 Å². The van der Waals surface area contributed by atoms with Gasteiger partial charge in [0, 0.05) is 6.42 Å². The fourth-order valence-electron chi connectivity index (χ4n) is 3.72. The van der Waals surface area contributed by atoms with Crippen molar-refractivity contribution in [3.63, 3.8) is 0 Å². The summed E-state index contributed by atoms with van der Waals surface area (Å²) in [4.78, 5) is 93.0. The molecule has 0 bridgehead atoms. The van der Waals surface area contributed by atoms with Gasteiger partial charge in [0.2, 0.25) is 23.6 Å². The molecule has 0 radical (unpaired) electrons. The molecule has 1 aromatic carbocycles. The second-order valence-corrected chi connectivity index (χ2v) is 11.9. The smallest absolute Gasteiger partial charge is 0.404 e. The molecular formula is C26H42N6O11P+. The SMILES string of the molecule is CC(C)[C@H](NC(=O)[C@H](Cc1ccc(OP(=O)(O)O)cc1)NC(=O)[C@@H]([NH3+])CO)C(=O)N[C@@H](CC(N)=O)C(=O)N[C@H](C=O)C(C)C. The number of quaternary nitrogens is 1. The second-order valence-electron chi connectivity index (χ2n) is 10.7. The lowest BCUT2D eigenvalue weighted by molar-refractivity contribution is -0.409. The van der Waals surface area contributed by atoms with Crippen LogP contribution < -0.4 is 37.3 Å². The maximum absolute atomic E-state index is 13.4. The standard InChI is InChI=1S/C26H41N6O11P/c1-13(2)20(12-34)31-24(37)19(10-21(28)35)30-26(39)22(14(3)4)32-25(38)18(29-23(36)17(27)11-33)9-15-5-7-16(8-6-15)43-44(40,41)42/h5-8,12-14,17-20,22,33H,9-11,27H2,1-4H3,(H2,28,35)(H,29,36)(H,30,39)(H,31,37)(H,32,38)(H2,40,41,42)/p+1/t17-,18-,19-,20+,22-/m0/s1. The molecule has 18 heteroatoms. The van der Waals surface area contributed by atoms with E-state index in [4.69, 9.17) is 15.5 Å². The third kappa shape index (κ3) is 13.2. The number of hydrogen-bond donors (Lipinski definition) is 9. The van der Waals surface area contributed by atoms with Crippen molar-refractivity contribution in [2.45, 2.75) is 70.7 Å². The first kappa shape index (κ1) is 38.1. The summed E-state index contributed by atoms with van der Waals surface area (Å²) in [7, 11) is -4.81. The fourth-order valence-corrected chi connectivity index (χ4v) is 4.12. The summed E-state index contributed by atoms with van der Waals surface area (Å²) < 4.78 is 15.6. The summed E-state index contributed by atoms with van der Waals surface area (Å²) in [5, 5.41) is 19.1. The Morgan fingerprint density at radius 3 is 1.89 bits per heavy atom. The number of aliphatic hydroxyl groups is 1. The molecule has 0 aliphatic heterocycles. The van der Waals surface area contributed by atoms with Crippen LogP contribution in [0.2, 0.25) is 0 Å². The zero-order valence-electron chi connectivity index (χ0n) is 24.9. The first-order chi connectivity index (χ1) is 20.4. The van der Waals surface area contributed by atoms with Gasteiger partial charge in [0.25, 0.3) is 5.91 Å². The first-order valence-corrected chi connectivity index (χ1v) is 15.1. The van der Waals surface area contributed by atoms with Crippen molar-refractivity contribution >= 4 is 43.6 Å². The Balaban J connectivity index is 3.22. The maximum atomic E-state index is 13.4. The number of nitrogens with two attached hydrogens (primary N) is 1. The zero-order chi connectivity index (χ0) is 33.8. The Kier molecular flexibility index (Phi) is 15.1. The Morgan fingerprint density at radius 1 is 0.886 bits per heavy atom. The molecule has 12 N–H and O–H groups in total. The van der Waals surface area contributed by atoms with Crippen molar-refractivity contribution in [1.82, 2.24) is 21.3 Å². The van der Waals surface area contributed by atoms with E-state index in [0.29, 0.717) is 11.8 Å². The minimum Gasteiger partial charge on any atom is -0.404 e. The van der Waals surface area contributed by atoms with Crippen molar-refractivity contribution in [2.75, 3.05) is 6.61 Å². The van der Waals surface area contributed by atoms with Crippen LogP contribution >= 0.6 is 7.82 Å². The minimum atomic E-state index is -4.81. The molecule has 0 spiro atoms. The quantitative estimate of drug-likeness (QED) is 0.0561. The molecule has 0 aromatic heterocycles. The fraction of sp³-hybridized carbons (Fsp3) is 0.538. The van der Waals surface area contributed by atoms with Gasteiger partial charge < -0.3 is 47.2 Å². The van der Waals surface area contributed by atoms with E-state index >= 15 is 0 Å². The highest BCUT2D eigenvalue weighted by atomic mass is 31.2. The predicted octanol–water partition coefficient (Wildman–Crippen LogP) is -3.37. The van der Waals surface area contributed by atoms with Crippen molar-refractivity contribution < 1.29 is 58.5 Å². The third-order valence-corrected chi connectivity index (χ3v) is 6.72. The van der Waals surface area contributed by atoms with Crippen LogP contribution in [0.25, 0.3) is 0 Å². The van der Waals surface area contributed by atoms with E-state index < -0.39 is 86.5 Å². The van der Waals surface area contributed by atoms with E-state index in [-0.39, 0.29) is 18.1 Å². The number of rotatable bonds is 18. The van der Waals surface area contributed by atoms with Gasteiger partial charge in [-0.15, -0.1) is 0 Å². The lowest BCUT2D eigenvalue weighted by Gasteiger charge is -2.28. The monoisotopic (exact) mass is 645 g/mol. The van der Waals surface area contributed by atoms with Gasteiger partial charge in [0.1, 0.15) is 36.8 Å². The number of aldehydes is 1. The minimum absolute atomic E-state index is 0.149. The summed E-state index contributed by atoms with van der Waals surface area (Å²) in [6, 6.07) is -0.786. The molecule has 0 aliphatic rings. The largest absolute Gasteiger partial charge is 0.524 e. The van der Waals surface area contributed by atoms with E-state index in [1.807, 2.05) is 0 Å². The van der Waals surface area contributed by atoms with E-state index in [2.05, 4.69) is 31.5 Å². The lowest BCUT2D eigenvalue weighted by atomic mass is 9.99. The van der Waals surface area contributed by atoms with Crippen molar-refractivity contribution in [2.24, 2.45) is 17.6 Å². The molecule has 1 rings (SSSR count). The molecule has 0 saturated heterocycles. The van der Waals surface area contributed by atoms with Gasteiger partial charge in [0.05, 0.1) is 12.5 Å². The highest BCUT2D eigenvalue weighted by Crippen LogP contribution is 2.37. The number of aliphatic hydroxyl groups excluding tert-OH is 1. The van der Waals surface area contributed by atoms with Crippen molar-refractivity contribution in [3.05, 3.63) is 29.8 Å². The van der Waals surface area contributed by atoms with E-state index in [0.717, 1.165) is 0 Å². The van der Waals surface area contributed by atoms with Gasteiger partial charge in [-0.2, -0.15) is 0 Å². The summed E-state index contributed by atoms with van der Waals surface area (Å²) in [6.45, 7) is 5.95. The molecular weight excluding hydrogens is 603 g/mol. The maximum Gasteiger partial charge on any atom is 0.524 e. The molecule has 0 unspecified atom stereocenters. The van der Waals surface area contributed by atoms with Crippen LogP contribution in [0, 0.1) is 11.8 Å². The van der Waals surface area contributed by atoms with Gasteiger partial charge in [-0.05, 0) is 29.5 Å². The zero-order valence-corrected chi connectivity index (χ0v) is 25.8. The predicted molar refractivity (Wildman–Crippen MR) is 154 cm³/mol. The van der Waals surface area contributed by atoms with E-state index in [9.17, 15) is 38.4 Å². The lowest BCUT2D eigenvalue weighted by Crippen LogP contribution is -2.70. The molecule has 1 aromatic rings. The number of nitrogens with one attached hydrogen (secondary N) is 4. The van der Waals surface area contributed by atoms with E-state index in [1.54, 1.807) is 27.7 Å². The molecule has 0 heterocycles. The van der Waals surface area contributed by atoms with Gasteiger partial charge in [-0.25, -0.2) is 4.57 Å². The summed E-state index contributed by atoms with van der Waals surface area (Å²) in [6.07, 6.45) is -0.234. The van der Waals surface area contributed by atoms with Gasteiger partial charge in [-0.3, -0.25) is 33.8 Å². The van der Waals surface area contributed by atoms with Crippen LogP contribution in [0.4, 0.5) is 0 Å². The Bertz CT molecular complexity index is 1220. The molecule has 5 amide bonds. The first-order valence-electron chi connectivity index (χ1n) is 13.6. The van der Waals surface area contributed by atoms with Gasteiger partial charge >= 0.3 is 7.82 Å². The molecule has 44 heavy (non-hydrogen) atoms. The van der Waals surface area contributed by atoms with E-state index in [1.165, 1.54) is 24.3 Å². The number of benzene rings is 1. The number of primary amides is 1. The summed E-state index contributed by atoms with van der Waals surface area (Å²) >= 11 is 0. The van der Waals surface area contributed by atoms with Crippen LogP contribution in [-0.2, 0) is 39.8 Å². The Hall–Kier alpha value is -3.89. The van der Waals surface area contributed by atoms with Crippen LogP contribution in [0.1, 0.15) is 39.7 Å². The highest BCUT2D eigenvalue weighted by molar-refractivity contribution is 7.46. The van der Waals surface area contributed by atoms with Crippen LogP contribution in [-0.4, -0.2) is 87.5 Å². The van der Waals surface area contributed by atoms with Crippen molar-refractivity contribution in [3.8, 4) is 5.75 Å². The molecule has 17 nitrogen and oxygen atoms in total. The second kappa shape index (κ2) is 17.4. The van der Waals surface area contributed by atoms with Crippen molar-refractivity contribution in [1.29, 1.82) is 0 Å². The normalized spacial score (nSPS) is 14.9. The molecule has 0 saturated carbocycles. The number of carbonyl (C=O) groups excluding carboxylic acids is 6. The van der Waals surface area contributed by atoms with Crippen LogP contribution in [0.5, 0.6) is 5.75 Å². The number of carbonyl (C=O) groups is 6. The third-order valence-electron chi connectivity index (χ3n) is 6.27. The Morgan fingerprint density at radius 2 is 1.43 bits per heavy atom. The van der Waals surface area contributed by atoms with Crippen LogP contribution in [0.15, 0.2) is 24.3 Å². The van der Waals surface area contributed by atoms with Crippen LogP contribution in [0.3, 0.4) is 0 Å². The summed E-state index contributed by atoms with van der Waals surface area (Å²) in [5.74, 6) is -5.19. The van der Waals surface area contributed by atoms with Gasteiger partial charge in [0.15, 0.2) is 6.04 Å². The number of phosphoric acid groups is 1. The molecule has 0 aliphatic carbocycles. The summed E-state index contributed by atoms with van der Waals surface area (Å²) in [5.41, 5.74) is 9.19. The number of phosphoric ester groups is 1. The number of amides is 5. The average molecular weight is 646 g/mol. The number of hydrogen-bond acceptors (Lipinski definition) is 9. The molecule has 5 atom stereocenters. The average Bonchev–Trinajstić information content (AvgIpc) is 2.92. The molecule has 0 fully saturated rings.